The van der Waals surface area contributed by atoms with Crippen molar-refractivity contribution in [1.82, 2.24) is 15.8 Å². The highest BCUT2D eigenvalue weighted by molar-refractivity contribution is 5.83. The normalized spacial score (nSPS) is 37.3. The van der Waals surface area contributed by atoms with E-state index in [2.05, 4.69) is 16.9 Å². The van der Waals surface area contributed by atoms with Crippen molar-refractivity contribution in [2.24, 2.45) is 11.7 Å². The van der Waals surface area contributed by atoms with Crippen molar-refractivity contribution in [2.75, 3.05) is 13.1 Å². The van der Waals surface area contributed by atoms with E-state index in [1.165, 1.54) is 18.4 Å². The number of hydrogen-bond acceptors (Lipinski definition) is 5. The molecule has 6 nitrogen and oxygen atoms in total. The van der Waals surface area contributed by atoms with Crippen molar-refractivity contribution in [1.29, 1.82) is 0 Å². The summed E-state index contributed by atoms with van der Waals surface area (Å²) in [7, 11) is 0. The molecular formula is C21H30N4O2. The summed E-state index contributed by atoms with van der Waals surface area (Å²) in [6, 6.07) is 8.16. The minimum atomic E-state index is -0.568. The Morgan fingerprint density at radius 3 is 2.70 bits per heavy atom. The molecule has 3 fully saturated rings. The highest BCUT2D eigenvalue weighted by atomic mass is 16.3. The summed E-state index contributed by atoms with van der Waals surface area (Å²) in [5, 5.41) is 10.9. The highest BCUT2D eigenvalue weighted by Crippen LogP contribution is 2.50. The molecule has 1 aromatic carbocycles. The zero-order valence-electron chi connectivity index (χ0n) is 15.7. The molecule has 1 spiro atoms. The number of benzene rings is 1. The molecule has 1 amide bonds. The molecule has 2 aliphatic heterocycles. The molecule has 5 rings (SSSR count). The fourth-order valence-corrected chi connectivity index (χ4v) is 6.09. The first kappa shape index (κ1) is 17.6. The molecule has 2 aliphatic carbocycles. The number of hydrogen-bond donors (Lipinski definition) is 4. The number of nitrogens with one attached hydrogen (secondary N) is 2. The molecule has 5 N–H and O–H groups in total. The molecule has 0 aromatic heterocycles. The summed E-state index contributed by atoms with van der Waals surface area (Å²) in [6.45, 7) is 1.37. The molecule has 0 radical (unpaired) electrons. The van der Waals surface area contributed by atoms with E-state index in [9.17, 15) is 9.90 Å². The number of aliphatic hydroxyl groups is 1. The largest absolute Gasteiger partial charge is 0.390 e. The van der Waals surface area contributed by atoms with Crippen LogP contribution in [0, 0.1) is 5.92 Å². The number of piperidine rings is 1. The zero-order chi connectivity index (χ0) is 18.6. The summed E-state index contributed by atoms with van der Waals surface area (Å²) in [4.78, 5) is 15.2. The van der Waals surface area contributed by atoms with Gasteiger partial charge in [-0.05, 0) is 36.8 Å². The predicted octanol–water partition coefficient (Wildman–Crippen LogP) is 0.956. The topological polar surface area (TPSA) is 90.6 Å². The van der Waals surface area contributed by atoms with E-state index >= 15 is 0 Å². The Hall–Kier alpha value is -1.47. The van der Waals surface area contributed by atoms with Gasteiger partial charge < -0.3 is 15.7 Å². The number of carbonyl (C=O) groups excluding carboxylic acids is 1. The second-order valence-corrected chi connectivity index (χ2v) is 8.86. The lowest BCUT2D eigenvalue weighted by Crippen LogP contribution is -2.54. The van der Waals surface area contributed by atoms with Crippen molar-refractivity contribution in [3.8, 4) is 0 Å². The Balaban J connectivity index is 1.31. The summed E-state index contributed by atoms with van der Waals surface area (Å²) >= 11 is 0. The number of nitrogens with two attached hydrogens (primary N) is 1. The smallest absolute Gasteiger partial charge is 0.241 e. The van der Waals surface area contributed by atoms with Gasteiger partial charge in [-0.2, -0.15) is 0 Å². The predicted molar refractivity (Wildman–Crippen MR) is 103 cm³/mol. The number of likely N-dealkylation sites (tertiary alicyclic amines) is 1. The summed E-state index contributed by atoms with van der Waals surface area (Å²) in [5.74, 6) is 0.630. The number of hydrazine groups is 1. The SMILES string of the molecule is N[C@H]1c2ccccc2C2(CCN(C(=O)C3NNC4CCCCC43)CC2)[C@@H]1O. The quantitative estimate of drug-likeness (QED) is 0.591. The number of aliphatic hydroxyl groups excluding tert-OH is 1. The summed E-state index contributed by atoms with van der Waals surface area (Å²) < 4.78 is 0. The molecule has 0 bridgehead atoms. The molecule has 2 heterocycles. The van der Waals surface area contributed by atoms with Gasteiger partial charge in [-0.1, -0.05) is 37.1 Å². The Morgan fingerprint density at radius 2 is 1.89 bits per heavy atom. The molecule has 146 valence electrons. The fourth-order valence-electron chi connectivity index (χ4n) is 6.09. The van der Waals surface area contributed by atoms with Crippen LogP contribution in [0.2, 0.25) is 0 Å². The van der Waals surface area contributed by atoms with E-state index in [4.69, 9.17) is 5.73 Å². The van der Waals surface area contributed by atoms with Crippen LogP contribution in [-0.2, 0) is 10.2 Å². The van der Waals surface area contributed by atoms with Gasteiger partial charge in [-0.15, -0.1) is 0 Å². The van der Waals surface area contributed by atoms with E-state index < -0.39 is 6.10 Å². The lowest BCUT2D eigenvalue weighted by Gasteiger charge is -2.43. The van der Waals surface area contributed by atoms with Crippen LogP contribution in [0.15, 0.2) is 24.3 Å². The molecule has 1 saturated carbocycles. The Labute approximate surface area is 160 Å². The molecule has 27 heavy (non-hydrogen) atoms. The van der Waals surface area contributed by atoms with Crippen LogP contribution in [-0.4, -0.2) is 47.2 Å². The molecule has 3 unspecified atom stereocenters. The lowest BCUT2D eigenvalue weighted by molar-refractivity contribution is -0.136. The van der Waals surface area contributed by atoms with E-state index in [-0.39, 0.29) is 23.4 Å². The van der Waals surface area contributed by atoms with Gasteiger partial charge in [0, 0.05) is 30.5 Å². The van der Waals surface area contributed by atoms with Crippen LogP contribution in [0.4, 0.5) is 0 Å². The Bertz CT molecular complexity index is 731. The van der Waals surface area contributed by atoms with Gasteiger partial charge in [-0.3, -0.25) is 10.2 Å². The average molecular weight is 370 g/mol. The maximum absolute atomic E-state index is 13.2. The van der Waals surface area contributed by atoms with E-state index in [0.29, 0.717) is 25.0 Å². The molecule has 6 heteroatoms. The monoisotopic (exact) mass is 370 g/mol. The third-order valence-electron chi connectivity index (χ3n) is 7.67. The highest BCUT2D eigenvalue weighted by Gasteiger charge is 2.52. The minimum Gasteiger partial charge on any atom is -0.390 e. The number of rotatable bonds is 1. The van der Waals surface area contributed by atoms with Crippen LogP contribution in [0.3, 0.4) is 0 Å². The summed E-state index contributed by atoms with van der Waals surface area (Å²) in [5.41, 5.74) is 14.9. The fraction of sp³-hybridized carbons (Fsp3) is 0.667. The van der Waals surface area contributed by atoms with Crippen molar-refractivity contribution < 1.29 is 9.90 Å². The van der Waals surface area contributed by atoms with Gasteiger partial charge in [0.25, 0.3) is 0 Å². The zero-order valence-corrected chi connectivity index (χ0v) is 15.7. The first-order valence-corrected chi connectivity index (χ1v) is 10.4. The van der Waals surface area contributed by atoms with Crippen LogP contribution in [0.25, 0.3) is 0 Å². The van der Waals surface area contributed by atoms with Crippen LogP contribution in [0.5, 0.6) is 0 Å². The lowest BCUT2D eigenvalue weighted by atomic mass is 9.71. The molecular weight excluding hydrogens is 340 g/mol. The van der Waals surface area contributed by atoms with Crippen molar-refractivity contribution in [2.45, 2.75) is 68.2 Å². The molecule has 1 aromatic rings. The first-order valence-electron chi connectivity index (χ1n) is 10.4. The van der Waals surface area contributed by atoms with E-state index in [0.717, 1.165) is 31.2 Å². The van der Waals surface area contributed by atoms with Gasteiger partial charge in [0.2, 0.25) is 5.91 Å². The molecule has 2 saturated heterocycles. The van der Waals surface area contributed by atoms with Gasteiger partial charge in [0.05, 0.1) is 12.1 Å². The van der Waals surface area contributed by atoms with Gasteiger partial charge >= 0.3 is 0 Å². The van der Waals surface area contributed by atoms with Gasteiger partial charge in [-0.25, -0.2) is 5.43 Å². The minimum absolute atomic E-state index is 0.104. The average Bonchev–Trinajstić information content (AvgIpc) is 3.23. The van der Waals surface area contributed by atoms with Crippen molar-refractivity contribution in [3.05, 3.63) is 35.4 Å². The van der Waals surface area contributed by atoms with Crippen LogP contribution < -0.4 is 16.6 Å². The number of carbonyl (C=O) groups is 1. The Kier molecular flexibility index (Phi) is 4.27. The Morgan fingerprint density at radius 1 is 1.15 bits per heavy atom. The van der Waals surface area contributed by atoms with Crippen LogP contribution >= 0.6 is 0 Å². The first-order chi connectivity index (χ1) is 13.1. The van der Waals surface area contributed by atoms with Crippen LogP contribution in [0.1, 0.15) is 55.7 Å². The summed E-state index contributed by atoms with van der Waals surface area (Å²) in [6.07, 6.45) is 5.74. The second kappa shape index (κ2) is 6.55. The van der Waals surface area contributed by atoms with E-state index in [1.807, 2.05) is 23.1 Å². The van der Waals surface area contributed by atoms with Gasteiger partial charge in [0.15, 0.2) is 0 Å². The van der Waals surface area contributed by atoms with Gasteiger partial charge in [0.1, 0.15) is 6.04 Å². The maximum Gasteiger partial charge on any atom is 0.241 e. The second-order valence-electron chi connectivity index (χ2n) is 8.86. The molecule has 4 aliphatic rings. The standard InChI is InChI=1S/C21H30N4O2/c22-17-13-5-1-3-7-15(13)21(19(17)26)9-11-25(12-10-21)20(27)18-14-6-2-4-8-16(14)23-24-18/h1,3,5,7,14,16-19,23-24,26H,2,4,6,8-12,22H2/t14?,16?,17-,18?,19+/m0/s1. The van der Waals surface area contributed by atoms with Crippen molar-refractivity contribution in [3.63, 3.8) is 0 Å². The number of fused-ring (bicyclic) bond motifs is 3. The maximum atomic E-state index is 13.2. The van der Waals surface area contributed by atoms with E-state index in [1.54, 1.807) is 0 Å². The number of nitrogens with zero attached hydrogens (tertiary/aromatic N) is 1. The third kappa shape index (κ3) is 2.58. The van der Waals surface area contributed by atoms with Crippen molar-refractivity contribution >= 4 is 5.91 Å². The molecule has 5 atom stereocenters. The third-order valence-corrected chi connectivity index (χ3v) is 7.67. The number of amides is 1.